The lowest BCUT2D eigenvalue weighted by molar-refractivity contribution is -0.140. The summed E-state index contributed by atoms with van der Waals surface area (Å²) in [6.07, 6.45) is 5.91. The molecule has 2 aromatic rings. The van der Waals surface area contributed by atoms with E-state index in [0.717, 1.165) is 34.3 Å². The van der Waals surface area contributed by atoms with Crippen LogP contribution in [0.3, 0.4) is 0 Å². The van der Waals surface area contributed by atoms with E-state index >= 15 is 0 Å². The van der Waals surface area contributed by atoms with Gasteiger partial charge in [0.15, 0.2) is 0 Å². The Labute approximate surface area is 152 Å². The summed E-state index contributed by atoms with van der Waals surface area (Å²) in [4.78, 5) is 30.6. The lowest BCUT2D eigenvalue weighted by Gasteiger charge is -2.17. The summed E-state index contributed by atoms with van der Waals surface area (Å²) in [5, 5.41) is 1.10. The first-order chi connectivity index (χ1) is 12.6. The van der Waals surface area contributed by atoms with E-state index in [1.807, 2.05) is 25.1 Å². The molecule has 0 spiro atoms. The molecule has 5 rings (SSSR count). The molecule has 1 saturated carbocycles. The number of hydrogen-bond acceptors (Lipinski definition) is 3. The van der Waals surface area contributed by atoms with Crippen LogP contribution in [0.15, 0.2) is 30.4 Å². The van der Waals surface area contributed by atoms with E-state index in [1.165, 1.54) is 4.90 Å². The minimum atomic E-state index is -0.110. The SMILES string of the molecule is COc1ccc2[nH]c(C)c(CCN3C(=O)[C@@H]4[C@@H](C3=O)[C@H]3C=C[C@H]4C3)c2c1. The maximum Gasteiger partial charge on any atom is 0.233 e. The number of methoxy groups -OCH3 is 1. The second-order valence-corrected chi connectivity index (χ2v) is 7.72. The molecule has 134 valence electrons. The Morgan fingerprint density at radius 1 is 1.15 bits per heavy atom. The van der Waals surface area contributed by atoms with Crippen molar-refractivity contribution in [3.8, 4) is 5.75 Å². The Balaban J connectivity index is 1.40. The summed E-state index contributed by atoms with van der Waals surface area (Å²) < 4.78 is 5.34. The molecule has 2 bridgehead atoms. The molecule has 1 aromatic carbocycles. The van der Waals surface area contributed by atoms with Gasteiger partial charge in [-0.1, -0.05) is 12.2 Å². The van der Waals surface area contributed by atoms with Crippen molar-refractivity contribution in [3.05, 3.63) is 41.6 Å². The number of imide groups is 1. The molecule has 1 N–H and O–H groups in total. The number of amides is 2. The van der Waals surface area contributed by atoms with E-state index in [4.69, 9.17) is 4.74 Å². The van der Waals surface area contributed by atoms with Gasteiger partial charge in [-0.25, -0.2) is 0 Å². The quantitative estimate of drug-likeness (QED) is 0.681. The number of nitrogens with one attached hydrogen (secondary N) is 1. The van der Waals surface area contributed by atoms with Crippen molar-refractivity contribution >= 4 is 22.7 Å². The lowest BCUT2D eigenvalue weighted by atomic mass is 9.85. The minimum absolute atomic E-state index is 0.0342. The van der Waals surface area contributed by atoms with Crippen LogP contribution in [0.1, 0.15) is 17.7 Å². The second-order valence-electron chi connectivity index (χ2n) is 7.72. The Morgan fingerprint density at radius 3 is 2.50 bits per heavy atom. The van der Waals surface area contributed by atoms with E-state index in [1.54, 1.807) is 7.11 Å². The number of aromatic nitrogens is 1. The number of H-pyrrole nitrogens is 1. The van der Waals surface area contributed by atoms with Crippen LogP contribution >= 0.6 is 0 Å². The number of nitrogens with zero attached hydrogens (tertiary/aromatic N) is 1. The highest BCUT2D eigenvalue weighted by atomic mass is 16.5. The molecule has 1 aromatic heterocycles. The molecule has 2 amide bonds. The van der Waals surface area contributed by atoms with E-state index in [-0.39, 0.29) is 35.5 Å². The summed E-state index contributed by atoms with van der Waals surface area (Å²) in [7, 11) is 1.66. The standard InChI is InChI=1S/C21H22N2O3/c1-11-15(16-10-14(26-2)5-6-17(16)22-11)7-8-23-20(24)18-12-3-4-13(9-12)19(18)21(23)25/h3-6,10,12-13,18-19,22H,7-9H2,1-2H3/t12-,13-,18-,19-/m0/s1. The summed E-state index contributed by atoms with van der Waals surface area (Å²) in [5.74, 6) is 1.20. The van der Waals surface area contributed by atoms with E-state index in [0.29, 0.717) is 13.0 Å². The van der Waals surface area contributed by atoms with E-state index < -0.39 is 0 Å². The third-order valence-corrected chi connectivity index (χ3v) is 6.47. The molecular formula is C21H22N2O3. The van der Waals surface area contributed by atoms with Gasteiger partial charge < -0.3 is 9.72 Å². The maximum atomic E-state index is 12.8. The Hall–Kier alpha value is -2.56. The molecule has 2 fully saturated rings. The lowest BCUT2D eigenvalue weighted by Crippen LogP contribution is -2.34. The molecule has 26 heavy (non-hydrogen) atoms. The van der Waals surface area contributed by atoms with E-state index in [9.17, 15) is 9.59 Å². The Morgan fingerprint density at radius 2 is 1.85 bits per heavy atom. The number of carbonyl (C=O) groups is 2. The van der Waals surface area contributed by atoms with Gasteiger partial charge in [0.25, 0.3) is 0 Å². The fourth-order valence-electron chi connectivity index (χ4n) is 5.22. The number of aryl methyl sites for hydroxylation is 1. The highest BCUT2D eigenvalue weighted by Gasteiger charge is 2.58. The molecule has 5 heteroatoms. The summed E-state index contributed by atoms with van der Waals surface area (Å²) in [6.45, 7) is 2.49. The highest BCUT2D eigenvalue weighted by molar-refractivity contribution is 6.06. The number of fused-ring (bicyclic) bond motifs is 6. The fourth-order valence-corrected chi connectivity index (χ4v) is 5.22. The molecule has 0 radical (unpaired) electrons. The third-order valence-electron chi connectivity index (χ3n) is 6.47. The fraction of sp³-hybridized carbons (Fsp3) is 0.429. The number of ether oxygens (including phenoxy) is 1. The van der Waals surface area contributed by atoms with Crippen LogP contribution in [0.5, 0.6) is 5.75 Å². The van der Waals surface area contributed by atoms with Crippen molar-refractivity contribution in [3.63, 3.8) is 0 Å². The van der Waals surface area contributed by atoms with Gasteiger partial charge in [-0.2, -0.15) is 0 Å². The van der Waals surface area contributed by atoms with Gasteiger partial charge >= 0.3 is 0 Å². The van der Waals surface area contributed by atoms with Crippen molar-refractivity contribution in [2.45, 2.75) is 19.8 Å². The van der Waals surface area contributed by atoms with Crippen LogP contribution in [-0.2, 0) is 16.0 Å². The molecule has 0 unspecified atom stereocenters. The minimum Gasteiger partial charge on any atom is -0.497 e. The molecule has 2 aliphatic carbocycles. The van der Waals surface area contributed by atoms with Gasteiger partial charge in [-0.05, 0) is 55.4 Å². The molecule has 1 aliphatic heterocycles. The molecule has 4 atom stereocenters. The summed E-state index contributed by atoms with van der Waals surface area (Å²) >= 11 is 0. The number of allylic oxidation sites excluding steroid dienone is 2. The zero-order valence-electron chi connectivity index (χ0n) is 15.0. The first-order valence-electron chi connectivity index (χ1n) is 9.27. The second kappa shape index (κ2) is 5.47. The smallest absolute Gasteiger partial charge is 0.233 e. The zero-order valence-corrected chi connectivity index (χ0v) is 15.0. The molecule has 1 saturated heterocycles. The van der Waals surface area contributed by atoms with Gasteiger partial charge in [0.05, 0.1) is 18.9 Å². The third kappa shape index (κ3) is 2.03. The molecule has 3 aliphatic rings. The van der Waals surface area contributed by atoms with Crippen molar-refractivity contribution in [1.82, 2.24) is 9.88 Å². The predicted molar refractivity (Wildman–Crippen MR) is 97.7 cm³/mol. The topological polar surface area (TPSA) is 62.4 Å². The zero-order chi connectivity index (χ0) is 18.0. The van der Waals surface area contributed by atoms with Crippen LogP contribution in [0.25, 0.3) is 10.9 Å². The first kappa shape index (κ1) is 15.7. The molecule has 5 nitrogen and oxygen atoms in total. The number of benzene rings is 1. The van der Waals surface area contributed by atoms with Crippen LogP contribution in [0.4, 0.5) is 0 Å². The summed E-state index contributed by atoms with van der Waals surface area (Å²) in [5.41, 5.74) is 3.28. The monoisotopic (exact) mass is 350 g/mol. The van der Waals surface area contributed by atoms with Crippen molar-refractivity contribution in [1.29, 1.82) is 0 Å². The van der Waals surface area contributed by atoms with Gasteiger partial charge in [0.1, 0.15) is 5.75 Å². The van der Waals surface area contributed by atoms with Crippen molar-refractivity contribution in [2.75, 3.05) is 13.7 Å². The highest BCUT2D eigenvalue weighted by Crippen LogP contribution is 2.52. The van der Waals surface area contributed by atoms with Crippen LogP contribution in [-0.4, -0.2) is 35.4 Å². The maximum absolute atomic E-state index is 12.8. The Kier molecular flexibility index (Phi) is 3.30. The van der Waals surface area contributed by atoms with Gasteiger partial charge in [-0.3, -0.25) is 14.5 Å². The van der Waals surface area contributed by atoms with Gasteiger partial charge in [-0.15, -0.1) is 0 Å². The van der Waals surface area contributed by atoms with E-state index in [2.05, 4.69) is 17.1 Å². The number of hydrogen-bond donors (Lipinski definition) is 1. The summed E-state index contributed by atoms with van der Waals surface area (Å²) in [6, 6.07) is 5.95. The largest absolute Gasteiger partial charge is 0.497 e. The Bertz CT molecular complexity index is 928. The molecule has 2 heterocycles. The van der Waals surface area contributed by atoms with Gasteiger partial charge in [0.2, 0.25) is 11.8 Å². The van der Waals surface area contributed by atoms with Gasteiger partial charge in [0, 0.05) is 23.1 Å². The molecular weight excluding hydrogens is 328 g/mol. The predicted octanol–water partition coefficient (Wildman–Crippen LogP) is 2.83. The first-order valence-corrected chi connectivity index (χ1v) is 9.27. The number of rotatable bonds is 4. The van der Waals surface area contributed by atoms with Crippen LogP contribution in [0, 0.1) is 30.6 Å². The van der Waals surface area contributed by atoms with Crippen molar-refractivity contribution < 1.29 is 14.3 Å². The normalized spacial score (nSPS) is 29.2. The average Bonchev–Trinajstić information content (AvgIpc) is 3.37. The number of carbonyl (C=O) groups excluding carboxylic acids is 2. The number of aromatic amines is 1. The van der Waals surface area contributed by atoms with Crippen molar-refractivity contribution in [2.24, 2.45) is 23.7 Å². The van der Waals surface area contributed by atoms with Crippen LogP contribution in [0.2, 0.25) is 0 Å². The number of likely N-dealkylation sites (tertiary alicyclic amines) is 1. The van der Waals surface area contributed by atoms with Crippen LogP contribution < -0.4 is 4.74 Å². The average molecular weight is 350 g/mol.